The summed E-state index contributed by atoms with van der Waals surface area (Å²) in [5.41, 5.74) is 5.71. The van der Waals surface area contributed by atoms with Crippen molar-refractivity contribution in [1.82, 2.24) is 14.9 Å². The molecule has 0 unspecified atom stereocenters. The Morgan fingerprint density at radius 2 is 2.20 bits per heavy atom. The van der Waals surface area contributed by atoms with Crippen molar-refractivity contribution in [3.8, 4) is 5.75 Å². The number of carboxylic acid groups (broad SMARTS) is 1. The molecule has 1 aromatic carbocycles. The van der Waals surface area contributed by atoms with Gasteiger partial charge >= 0.3 is 5.97 Å². The van der Waals surface area contributed by atoms with Gasteiger partial charge in [0.05, 0.1) is 24.3 Å². The summed E-state index contributed by atoms with van der Waals surface area (Å²) in [5, 5.41) is 9.67. The van der Waals surface area contributed by atoms with Crippen LogP contribution in [0.5, 0.6) is 5.75 Å². The number of aliphatic carboxylic acids is 1. The number of imidazole rings is 1. The van der Waals surface area contributed by atoms with E-state index in [4.69, 9.17) is 4.74 Å². The molecule has 2 aromatic rings. The molecule has 2 heterocycles. The van der Waals surface area contributed by atoms with Gasteiger partial charge in [-0.05, 0) is 43.4 Å². The van der Waals surface area contributed by atoms with Crippen molar-refractivity contribution in [3.05, 3.63) is 46.5 Å². The van der Waals surface area contributed by atoms with Gasteiger partial charge in [0.2, 0.25) is 0 Å². The Morgan fingerprint density at radius 1 is 1.40 bits per heavy atom. The fraction of sp³-hybridized carbons (Fsp3) is 0.474. The van der Waals surface area contributed by atoms with Crippen LogP contribution in [0.3, 0.4) is 0 Å². The van der Waals surface area contributed by atoms with Crippen molar-refractivity contribution in [2.24, 2.45) is 0 Å². The van der Waals surface area contributed by atoms with Crippen molar-refractivity contribution in [1.29, 1.82) is 0 Å². The van der Waals surface area contributed by atoms with Gasteiger partial charge in [-0.2, -0.15) is 0 Å². The van der Waals surface area contributed by atoms with Crippen molar-refractivity contribution in [2.75, 3.05) is 6.61 Å². The second-order valence-electron chi connectivity index (χ2n) is 6.81. The molecule has 0 saturated heterocycles. The lowest BCUT2D eigenvalue weighted by molar-refractivity contribution is -0.144. The second kappa shape index (κ2) is 6.52. The van der Waals surface area contributed by atoms with E-state index in [1.165, 1.54) is 17.5 Å². The third kappa shape index (κ3) is 3.02. The van der Waals surface area contributed by atoms with Crippen LogP contribution in [0.2, 0.25) is 0 Å². The number of benzene rings is 1. The van der Waals surface area contributed by atoms with Crippen LogP contribution in [0.1, 0.15) is 41.4 Å². The van der Waals surface area contributed by atoms with Gasteiger partial charge in [-0.1, -0.05) is 6.07 Å². The van der Waals surface area contributed by atoms with E-state index in [0.29, 0.717) is 26.1 Å². The Labute approximate surface area is 146 Å². The predicted octanol–water partition coefficient (Wildman–Crippen LogP) is 2.31. The van der Waals surface area contributed by atoms with Crippen molar-refractivity contribution < 1.29 is 14.6 Å². The zero-order valence-corrected chi connectivity index (χ0v) is 14.4. The number of H-pyrrole nitrogens is 1. The molecule has 25 heavy (non-hydrogen) atoms. The standard InChI is InChI=1S/C19H23N3O3/c1-2-25-18-7-13-5-3-4-12(13)6-14(18)9-22-10-16-15(20-11-21-16)8-17(22)19(23)24/h6-7,11,17H,2-5,8-10H2,1H3,(H,20,21)(H,23,24)/t17-/m0/s1. The minimum Gasteiger partial charge on any atom is -0.494 e. The maximum Gasteiger partial charge on any atom is 0.321 e. The van der Waals surface area contributed by atoms with Crippen molar-refractivity contribution in [2.45, 2.75) is 51.7 Å². The van der Waals surface area contributed by atoms with Crippen LogP contribution in [-0.4, -0.2) is 38.6 Å². The van der Waals surface area contributed by atoms with E-state index in [1.807, 2.05) is 11.8 Å². The molecule has 2 aliphatic rings. The van der Waals surface area contributed by atoms with Crippen LogP contribution < -0.4 is 4.74 Å². The maximum absolute atomic E-state index is 11.8. The fourth-order valence-corrected chi connectivity index (χ4v) is 3.98. The number of carbonyl (C=O) groups is 1. The normalized spacial score (nSPS) is 19.5. The molecule has 2 N–H and O–H groups in total. The lowest BCUT2D eigenvalue weighted by Gasteiger charge is -2.32. The number of hydrogen-bond donors (Lipinski definition) is 2. The number of hydrogen-bond acceptors (Lipinski definition) is 4. The Bertz CT molecular complexity index is 799. The first-order valence-corrected chi connectivity index (χ1v) is 8.91. The number of nitrogens with one attached hydrogen (secondary N) is 1. The molecule has 0 bridgehead atoms. The molecular weight excluding hydrogens is 318 g/mol. The topological polar surface area (TPSA) is 78.5 Å². The molecule has 4 rings (SSSR count). The third-order valence-corrected chi connectivity index (χ3v) is 5.23. The number of rotatable bonds is 5. The average Bonchev–Trinajstić information content (AvgIpc) is 3.22. The van der Waals surface area contributed by atoms with Gasteiger partial charge < -0.3 is 14.8 Å². The van der Waals surface area contributed by atoms with Gasteiger partial charge in [-0.3, -0.25) is 9.69 Å². The van der Waals surface area contributed by atoms with E-state index in [2.05, 4.69) is 22.1 Å². The molecule has 1 aromatic heterocycles. The van der Waals surface area contributed by atoms with Gasteiger partial charge in [0, 0.05) is 25.1 Å². The van der Waals surface area contributed by atoms with Crippen LogP contribution >= 0.6 is 0 Å². The molecule has 132 valence electrons. The zero-order chi connectivity index (χ0) is 17.4. The Hall–Kier alpha value is -2.34. The smallest absolute Gasteiger partial charge is 0.321 e. The van der Waals surface area contributed by atoms with Gasteiger partial charge in [0.25, 0.3) is 0 Å². The summed E-state index contributed by atoms with van der Waals surface area (Å²) < 4.78 is 5.86. The van der Waals surface area contributed by atoms with Crippen LogP contribution in [0.4, 0.5) is 0 Å². The second-order valence-corrected chi connectivity index (χ2v) is 6.81. The van der Waals surface area contributed by atoms with Gasteiger partial charge in [-0.15, -0.1) is 0 Å². The lowest BCUT2D eigenvalue weighted by Crippen LogP contribution is -2.45. The summed E-state index contributed by atoms with van der Waals surface area (Å²) in [6.45, 7) is 3.72. The number of ether oxygens (including phenoxy) is 1. The summed E-state index contributed by atoms with van der Waals surface area (Å²) in [6, 6.07) is 3.82. The molecule has 6 heteroatoms. The van der Waals surface area contributed by atoms with E-state index in [-0.39, 0.29) is 0 Å². The number of carboxylic acids is 1. The summed E-state index contributed by atoms with van der Waals surface area (Å²) in [7, 11) is 0. The number of fused-ring (bicyclic) bond motifs is 2. The molecule has 0 saturated carbocycles. The molecule has 1 atom stereocenters. The minimum atomic E-state index is -0.798. The number of aromatic nitrogens is 2. The molecule has 6 nitrogen and oxygen atoms in total. The first-order chi connectivity index (χ1) is 12.2. The first-order valence-electron chi connectivity index (χ1n) is 8.91. The highest BCUT2D eigenvalue weighted by Gasteiger charge is 2.33. The molecule has 1 aliphatic carbocycles. The highest BCUT2D eigenvalue weighted by molar-refractivity contribution is 5.74. The number of aryl methyl sites for hydroxylation is 2. The van der Waals surface area contributed by atoms with Crippen LogP contribution in [-0.2, 0) is 37.1 Å². The fourth-order valence-electron chi connectivity index (χ4n) is 3.98. The molecular formula is C19H23N3O3. The van der Waals surface area contributed by atoms with E-state index in [1.54, 1.807) is 6.33 Å². The maximum atomic E-state index is 11.8. The largest absolute Gasteiger partial charge is 0.494 e. The van der Waals surface area contributed by atoms with Crippen LogP contribution in [0, 0.1) is 0 Å². The molecule has 0 fully saturated rings. The third-order valence-electron chi connectivity index (χ3n) is 5.23. The Kier molecular flexibility index (Phi) is 4.21. The Morgan fingerprint density at radius 3 is 2.96 bits per heavy atom. The predicted molar refractivity (Wildman–Crippen MR) is 92.6 cm³/mol. The lowest BCUT2D eigenvalue weighted by atomic mass is 10.00. The zero-order valence-electron chi connectivity index (χ0n) is 14.4. The van der Waals surface area contributed by atoms with E-state index < -0.39 is 12.0 Å². The van der Waals surface area contributed by atoms with Crippen molar-refractivity contribution >= 4 is 5.97 Å². The number of aromatic amines is 1. The minimum absolute atomic E-state index is 0.434. The Balaban J connectivity index is 1.65. The summed E-state index contributed by atoms with van der Waals surface area (Å²) >= 11 is 0. The highest BCUT2D eigenvalue weighted by atomic mass is 16.5. The first kappa shape index (κ1) is 16.1. The SMILES string of the molecule is CCOc1cc2c(cc1CN1Cc3[nH]cnc3C[C@H]1C(=O)O)CCC2. The monoisotopic (exact) mass is 341 g/mol. The molecule has 1 aliphatic heterocycles. The van der Waals surface area contributed by atoms with Crippen LogP contribution in [0.25, 0.3) is 0 Å². The summed E-state index contributed by atoms with van der Waals surface area (Å²) in [4.78, 5) is 21.2. The quantitative estimate of drug-likeness (QED) is 0.872. The van der Waals surface area contributed by atoms with E-state index in [0.717, 1.165) is 35.5 Å². The molecule has 0 radical (unpaired) electrons. The van der Waals surface area contributed by atoms with Gasteiger partial charge in [0.1, 0.15) is 11.8 Å². The highest BCUT2D eigenvalue weighted by Crippen LogP contribution is 2.32. The van der Waals surface area contributed by atoms with E-state index >= 15 is 0 Å². The van der Waals surface area contributed by atoms with Crippen molar-refractivity contribution in [3.63, 3.8) is 0 Å². The van der Waals surface area contributed by atoms with Gasteiger partial charge in [0.15, 0.2) is 0 Å². The van der Waals surface area contributed by atoms with Crippen LogP contribution in [0.15, 0.2) is 18.5 Å². The summed E-state index contributed by atoms with van der Waals surface area (Å²) in [6.07, 6.45) is 5.47. The number of nitrogens with zero attached hydrogens (tertiary/aromatic N) is 2. The molecule has 0 amide bonds. The summed E-state index contributed by atoms with van der Waals surface area (Å²) in [5.74, 6) is 0.0930. The van der Waals surface area contributed by atoms with E-state index in [9.17, 15) is 9.90 Å². The molecule has 0 spiro atoms. The average molecular weight is 341 g/mol. The van der Waals surface area contributed by atoms with Gasteiger partial charge in [-0.25, -0.2) is 4.98 Å².